The third-order valence-electron chi connectivity index (χ3n) is 15.1. The zero-order valence-corrected chi connectivity index (χ0v) is 36.0. The summed E-state index contributed by atoms with van der Waals surface area (Å²) < 4.78 is 0. The minimum absolute atomic E-state index is 0.468. The van der Waals surface area contributed by atoms with Crippen LogP contribution in [-0.4, -0.2) is 0 Å². The standard InChI is InChI=1S/C61H53N/c1-3-16-40(4-2)42-27-32-46(33-28-42)62(47-34-29-43(30-35-47)41-17-6-5-7-18-41)48-36-31-44-38-55-58(39-45(44)37-48)61(56-25-14-12-21-51(56)52-22-13-15-26-57(52)61)60-54-24-11-9-20-50(54)49-19-8-10-23-53(49)59(55)60/h8-15,19-41H,3-7,16-18H2,1-2H3. The largest absolute Gasteiger partial charge is 0.310 e. The Morgan fingerprint density at radius 3 is 1.74 bits per heavy atom. The highest BCUT2D eigenvalue weighted by atomic mass is 15.1. The van der Waals surface area contributed by atoms with E-state index in [1.54, 1.807) is 0 Å². The average Bonchev–Trinajstić information content (AvgIpc) is 3.81. The predicted octanol–water partition coefficient (Wildman–Crippen LogP) is 17.3. The molecule has 1 fully saturated rings. The molecule has 0 radical (unpaired) electrons. The number of hydrogen-bond acceptors (Lipinski definition) is 1. The fraction of sp³-hybridized carbons (Fsp3) is 0.213. The van der Waals surface area contributed by atoms with Crippen molar-refractivity contribution in [2.24, 2.45) is 0 Å². The zero-order valence-electron chi connectivity index (χ0n) is 36.0. The van der Waals surface area contributed by atoms with Gasteiger partial charge < -0.3 is 4.90 Å². The van der Waals surface area contributed by atoms with Gasteiger partial charge in [0.15, 0.2) is 0 Å². The molecular weight excluding hydrogens is 747 g/mol. The molecule has 62 heavy (non-hydrogen) atoms. The highest BCUT2D eigenvalue weighted by Gasteiger charge is 2.53. The Morgan fingerprint density at radius 2 is 1.08 bits per heavy atom. The van der Waals surface area contributed by atoms with E-state index in [4.69, 9.17) is 0 Å². The molecule has 3 aliphatic carbocycles. The molecule has 0 saturated heterocycles. The van der Waals surface area contributed by atoms with E-state index in [0.717, 1.165) is 0 Å². The molecular formula is C61H53N. The second-order valence-electron chi connectivity index (χ2n) is 18.4. The molecule has 0 bridgehead atoms. The van der Waals surface area contributed by atoms with Crippen LogP contribution >= 0.6 is 0 Å². The van der Waals surface area contributed by atoms with E-state index in [2.05, 4.69) is 195 Å². The second kappa shape index (κ2) is 14.9. The SMILES string of the molecule is CCCC(CC)c1ccc(N(c2ccc(C3CCCCC3)cc2)c2ccc3cc4c(cc3c2)C2(c3ccccc3-c3ccccc32)c2c-4c3ccccc3c3ccccc23)cc1. The molecule has 0 amide bonds. The quantitative estimate of drug-likeness (QED) is 0.138. The summed E-state index contributed by atoms with van der Waals surface area (Å²) >= 11 is 0. The van der Waals surface area contributed by atoms with Gasteiger partial charge in [0.05, 0.1) is 5.41 Å². The molecule has 12 rings (SSSR count). The third kappa shape index (κ3) is 5.53. The first-order valence-corrected chi connectivity index (χ1v) is 23.4. The molecule has 1 spiro atoms. The Morgan fingerprint density at radius 1 is 0.500 bits per heavy atom. The van der Waals surface area contributed by atoms with Gasteiger partial charge in [-0.3, -0.25) is 0 Å². The molecule has 1 saturated carbocycles. The highest BCUT2D eigenvalue weighted by Crippen LogP contribution is 2.66. The van der Waals surface area contributed by atoms with E-state index in [1.807, 2.05) is 0 Å². The third-order valence-corrected chi connectivity index (χ3v) is 15.1. The van der Waals surface area contributed by atoms with Gasteiger partial charge in [-0.15, -0.1) is 0 Å². The van der Waals surface area contributed by atoms with Crippen LogP contribution in [0.15, 0.2) is 176 Å². The van der Waals surface area contributed by atoms with E-state index >= 15 is 0 Å². The van der Waals surface area contributed by atoms with Crippen LogP contribution in [-0.2, 0) is 5.41 Å². The van der Waals surface area contributed by atoms with Crippen LogP contribution in [0.4, 0.5) is 17.1 Å². The Balaban J connectivity index is 1.09. The van der Waals surface area contributed by atoms with Crippen molar-refractivity contribution in [1.82, 2.24) is 0 Å². The first kappa shape index (κ1) is 37.3. The van der Waals surface area contributed by atoms with Crippen molar-refractivity contribution in [2.75, 3.05) is 4.90 Å². The molecule has 9 aromatic rings. The minimum atomic E-state index is -0.468. The van der Waals surface area contributed by atoms with E-state index in [1.165, 1.54) is 156 Å². The van der Waals surface area contributed by atoms with Crippen molar-refractivity contribution in [3.63, 3.8) is 0 Å². The summed E-state index contributed by atoms with van der Waals surface area (Å²) in [5.74, 6) is 1.27. The minimum Gasteiger partial charge on any atom is -0.310 e. The monoisotopic (exact) mass is 799 g/mol. The van der Waals surface area contributed by atoms with Crippen molar-refractivity contribution < 1.29 is 0 Å². The summed E-state index contributed by atoms with van der Waals surface area (Å²) in [5.41, 5.74) is 17.0. The molecule has 0 N–H and O–H groups in total. The molecule has 0 aliphatic heterocycles. The van der Waals surface area contributed by atoms with Crippen LogP contribution in [0.3, 0.4) is 0 Å². The molecule has 1 nitrogen and oxygen atoms in total. The maximum absolute atomic E-state index is 2.57. The second-order valence-corrected chi connectivity index (χ2v) is 18.4. The first-order chi connectivity index (χ1) is 30.7. The Labute approximate surface area is 366 Å². The summed E-state index contributed by atoms with van der Waals surface area (Å²) in [6, 6.07) is 68.1. The smallest absolute Gasteiger partial charge is 0.0731 e. The van der Waals surface area contributed by atoms with Crippen molar-refractivity contribution in [3.05, 3.63) is 209 Å². The van der Waals surface area contributed by atoms with Crippen molar-refractivity contribution in [1.29, 1.82) is 0 Å². The normalized spacial score (nSPS) is 15.5. The van der Waals surface area contributed by atoms with Crippen LogP contribution in [0.25, 0.3) is 54.6 Å². The fourth-order valence-corrected chi connectivity index (χ4v) is 12.3. The summed E-state index contributed by atoms with van der Waals surface area (Å²) in [5, 5.41) is 7.82. The van der Waals surface area contributed by atoms with E-state index < -0.39 is 5.41 Å². The molecule has 1 unspecified atom stereocenters. The fourth-order valence-electron chi connectivity index (χ4n) is 12.3. The Hall–Kier alpha value is -6.44. The zero-order chi connectivity index (χ0) is 41.4. The van der Waals surface area contributed by atoms with Gasteiger partial charge >= 0.3 is 0 Å². The Kier molecular flexibility index (Phi) is 8.96. The van der Waals surface area contributed by atoms with Gasteiger partial charge in [0.2, 0.25) is 0 Å². The molecule has 1 heteroatoms. The number of rotatable bonds is 8. The summed E-state index contributed by atoms with van der Waals surface area (Å²) in [4.78, 5) is 2.49. The molecule has 9 aromatic carbocycles. The van der Waals surface area contributed by atoms with Crippen molar-refractivity contribution >= 4 is 49.4 Å². The van der Waals surface area contributed by atoms with Crippen molar-refractivity contribution in [3.8, 4) is 22.3 Å². The molecule has 0 heterocycles. The summed E-state index contributed by atoms with van der Waals surface area (Å²) in [7, 11) is 0. The van der Waals surface area contributed by atoms with Gasteiger partial charge in [-0.2, -0.15) is 0 Å². The van der Waals surface area contributed by atoms with Crippen LogP contribution < -0.4 is 4.90 Å². The average molecular weight is 800 g/mol. The number of benzene rings is 9. The lowest BCUT2D eigenvalue weighted by atomic mass is 9.69. The summed E-state index contributed by atoms with van der Waals surface area (Å²) in [6.07, 6.45) is 10.3. The van der Waals surface area contributed by atoms with E-state index in [0.29, 0.717) is 11.8 Å². The number of fused-ring (bicyclic) bond motifs is 16. The molecule has 302 valence electrons. The molecule has 1 atom stereocenters. The van der Waals surface area contributed by atoms with Crippen LogP contribution in [0.5, 0.6) is 0 Å². The molecule has 3 aliphatic rings. The van der Waals surface area contributed by atoms with E-state index in [-0.39, 0.29) is 0 Å². The number of hydrogen-bond donors (Lipinski definition) is 0. The lowest BCUT2D eigenvalue weighted by Gasteiger charge is -2.32. The van der Waals surface area contributed by atoms with Gasteiger partial charge in [0, 0.05) is 17.1 Å². The lowest BCUT2D eigenvalue weighted by molar-refractivity contribution is 0.443. The first-order valence-electron chi connectivity index (χ1n) is 23.4. The maximum atomic E-state index is 2.57. The number of anilines is 3. The molecule has 0 aromatic heterocycles. The van der Waals surface area contributed by atoms with Crippen molar-refractivity contribution in [2.45, 2.75) is 82.5 Å². The number of nitrogens with zero attached hydrogens (tertiary/aromatic N) is 1. The van der Waals surface area contributed by atoms with Gasteiger partial charge in [0.1, 0.15) is 0 Å². The van der Waals surface area contributed by atoms with Gasteiger partial charge in [-0.25, -0.2) is 0 Å². The van der Waals surface area contributed by atoms with Gasteiger partial charge in [0.25, 0.3) is 0 Å². The van der Waals surface area contributed by atoms with Crippen LogP contribution in [0.1, 0.15) is 110 Å². The highest BCUT2D eigenvalue weighted by molar-refractivity contribution is 6.20. The van der Waals surface area contributed by atoms with Gasteiger partial charge in [-0.1, -0.05) is 167 Å². The van der Waals surface area contributed by atoms with E-state index in [9.17, 15) is 0 Å². The maximum Gasteiger partial charge on any atom is 0.0731 e. The topological polar surface area (TPSA) is 3.24 Å². The predicted molar refractivity (Wildman–Crippen MR) is 264 cm³/mol. The lowest BCUT2D eigenvalue weighted by Crippen LogP contribution is -2.26. The summed E-state index contributed by atoms with van der Waals surface area (Å²) in [6.45, 7) is 4.64. The van der Waals surface area contributed by atoms with Gasteiger partial charge in [-0.05, 0) is 174 Å². The Bertz CT molecular complexity index is 3070. The van der Waals surface area contributed by atoms with Crippen LogP contribution in [0, 0.1) is 0 Å². The van der Waals surface area contributed by atoms with Crippen LogP contribution in [0.2, 0.25) is 0 Å².